The fourth-order valence-electron chi connectivity index (χ4n) is 2.77. The molecule has 1 saturated heterocycles. The van der Waals surface area contributed by atoms with E-state index in [0.29, 0.717) is 15.4 Å². The molecule has 1 fully saturated rings. The zero-order chi connectivity index (χ0) is 23.1. The van der Waals surface area contributed by atoms with E-state index < -0.39 is 21.4 Å². The van der Waals surface area contributed by atoms with Crippen LogP contribution in [-0.2, 0) is 9.59 Å². The number of hydrogen-bond donors (Lipinski definition) is 0. The molecule has 0 radical (unpaired) electrons. The molecule has 0 amide bonds. The molecule has 1 aliphatic heterocycles. The van der Waals surface area contributed by atoms with Crippen LogP contribution in [0.25, 0.3) is 12.2 Å². The zero-order valence-electron chi connectivity index (χ0n) is 16.5. The Morgan fingerprint density at radius 1 is 0.781 bits per heavy atom. The standard InChI is InChI=1S/C22H16N2O6S2/c25-19(9-7-15-3-1-5-17(13-15)23(27)28)21(22-31-11-12-32-22)20(26)10-8-16-4-2-6-18(14-16)24(29)30/h1-10,13-14H,11-12H2. The van der Waals surface area contributed by atoms with E-state index in [2.05, 4.69) is 0 Å². The monoisotopic (exact) mass is 468 g/mol. The maximum absolute atomic E-state index is 12.9. The number of rotatable bonds is 8. The van der Waals surface area contributed by atoms with Gasteiger partial charge in [0.15, 0.2) is 11.6 Å². The Balaban J connectivity index is 1.85. The van der Waals surface area contributed by atoms with Crippen LogP contribution >= 0.6 is 23.5 Å². The van der Waals surface area contributed by atoms with Crippen LogP contribution in [0.4, 0.5) is 11.4 Å². The maximum Gasteiger partial charge on any atom is 0.270 e. The summed E-state index contributed by atoms with van der Waals surface area (Å²) >= 11 is 2.84. The molecule has 0 bridgehead atoms. The molecule has 0 spiro atoms. The van der Waals surface area contributed by atoms with Gasteiger partial charge in [-0.3, -0.25) is 29.8 Å². The Morgan fingerprint density at radius 2 is 1.22 bits per heavy atom. The number of ketones is 2. The maximum atomic E-state index is 12.9. The van der Waals surface area contributed by atoms with E-state index in [1.165, 1.54) is 84.2 Å². The molecule has 32 heavy (non-hydrogen) atoms. The Hall–Kier alpha value is -3.50. The Labute approximate surface area is 191 Å². The van der Waals surface area contributed by atoms with Gasteiger partial charge >= 0.3 is 0 Å². The molecule has 162 valence electrons. The second-order valence-corrected chi connectivity index (χ2v) is 8.93. The van der Waals surface area contributed by atoms with Gasteiger partial charge in [0.05, 0.1) is 19.7 Å². The van der Waals surface area contributed by atoms with E-state index >= 15 is 0 Å². The lowest BCUT2D eigenvalue weighted by atomic mass is 10.1. The van der Waals surface area contributed by atoms with Crippen LogP contribution in [0.5, 0.6) is 0 Å². The van der Waals surface area contributed by atoms with Crippen LogP contribution in [0.3, 0.4) is 0 Å². The van der Waals surface area contributed by atoms with Gasteiger partial charge in [0.25, 0.3) is 11.4 Å². The zero-order valence-corrected chi connectivity index (χ0v) is 18.1. The number of benzene rings is 2. The van der Waals surface area contributed by atoms with Crippen molar-refractivity contribution in [2.45, 2.75) is 0 Å². The summed E-state index contributed by atoms with van der Waals surface area (Å²) < 4.78 is 0.618. The molecule has 0 atom stereocenters. The quantitative estimate of drug-likeness (QED) is 0.173. The molecule has 1 aliphatic rings. The molecule has 0 aliphatic carbocycles. The van der Waals surface area contributed by atoms with E-state index in [1.54, 1.807) is 12.1 Å². The minimum atomic E-state index is -0.527. The first-order valence-electron chi connectivity index (χ1n) is 9.29. The topological polar surface area (TPSA) is 120 Å². The largest absolute Gasteiger partial charge is 0.289 e. The lowest BCUT2D eigenvalue weighted by Gasteiger charge is -2.04. The number of carbonyl (C=O) groups is 2. The van der Waals surface area contributed by atoms with Crippen molar-refractivity contribution >= 4 is 58.6 Å². The van der Waals surface area contributed by atoms with Gasteiger partial charge in [0.2, 0.25) is 0 Å². The second-order valence-electron chi connectivity index (χ2n) is 6.46. The summed E-state index contributed by atoms with van der Waals surface area (Å²) in [6.07, 6.45) is 5.30. The first kappa shape index (κ1) is 23.2. The Kier molecular flexibility index (Phi) is 7.74. The summed E-state index contributed by atoms with van der Waals surface area (Å²) in [5.74, 6) is 0.518. The molecule has 8 nitrogen and oxygen atoms in total. The fraction of sp³-hybridized carbons (Fsp3) is 0.0909. The molecule has 0 saturated carbocycles. The van der Waals surface area contributed by atoms with E-state index in [9.17, 15) is 29.8 Å². The third-order valence-electron chi connectivity index (χ3n) is 4.26. The van der Waals surface area contributed by atoms with E-state index in [-0.39, 0.29) is 16.9 Å². The summed E-state index contributed by atoms with van der Waals surface area (Å²) in [6.45, 7) is 0. The van der Waals surface area contributed by atoms with Gasteiger partial charge < -0.3 is 0 Å². The number of carbonyl (C=O) groups excluding carboxylic acids is 2. The van der Waals surface area contributed by atoms with E-state index in [0.717, 1.165) is 11.5 Å². The van der Waals surface area contributed by atoms with Crippen LogP contribution in [0, 0.1) is 20.2 Å². The number of nitro benzene ring substituents is 2. The molecule has 2 aromatic rings. The van der Waals surface area contributed by atoms with Crippen molar-refractivity contribution in [3.63, 3.8) is 0 Å². The van der Waals surface area contributed by atoms with Gasteiger partial charge in [-0.25, -0.2) is 0 Å². The summed E-state index contributed by atoms with van der Waals surface area (Å²) in [5, 5.41) is 21.8. The molecule has 3 rings (SSSR count). The number of non-ortho nitro benzene ring substituents is 2. The lowest BCUT2D eigenvalue weighted by Crippen LogP contribution is -2.10. The minimum absolute atomic E-state index is 0.0147. The third kappa shape index (κ3) is 6.02. The van der Waals surface area contributed by atoms with Crippen molar-refractivity contribution in [1.82, 2.24) is 0 Å². The van der Waals surface area contributed by atoms with Crippen LogP contribution in [0.15, 0.2) is 70.5 Å². The molecule has 2 aromatic carbocycles. The number of nitrogens with zero attached hydrogens (tertiary/aromatic N) is 2. The average Bonchev–Trinajstić information content (AvgIpc) is 3.31. The molecule has 10 heteroatoms. The van der Waals surface area contributed by atoms with Gasteiger partial charge in [-0.1, -0.05) is 36.4 Å². The van der Waals surface area contributed by atoms with Crippen molar-refractivity contribution in [2.75, 3.05) is 11.5 Å². The van der Waals surface area contributed by atoms with Crippen molar-refractivity contribution in [3.05, 3.63) is 102 Å². The summed E-state index contributed by atoms with van der Waals surface area (Å²) in [6, 6.07) is 11.6. The third-order valence-corrected chi connectivity index (χ3v) is 6.98. The normalized spacial score (nSPS) is 13.6. The fourth-order valence-corrected chi connectivity index (χ4v) is 5.33. The molecule has 0 unspecified atom stereocenters. The van der Waals surface area contributed by atoms with Gasteiger partial charge in [0.1, 0.15) is 0 Å². The average molecular weight is 469 g/mol. The highest BCUT2D eigenvalue weighted by molar-refractivity contribution is 8.25. The van der Waals surface area contributed by atoms with Crippen molar-refractivity contribution in [2.24, 2.45) is 0 Å². The van der Waals surface area contributed by atoms with Crippen LogP contribution in [-0.4, -0.2) is 32.9 Å². The molecular formula is C22H16N2O6S2. The first-order chi connectivity index (χ1) is 15.3. The first-order valence-corrected chi connectivity index (χ1v) is 11.3. The highest BCUT2D eigenvalue weighted by Crippen LogP contribution is 2.39. The number of allylic oxidation sites excluding steroid dienone is 3. The van der Waals surface area contributed by atoms with Gasteiger partial charge in [0, 0.05) is 35.8 Å². The highest BCUT2D eigenvalue weighted by Gasteiger charge is 2.23. The lowest BCUT2D eigenvalue weighted by molar-refractivity contribution is -0.385. The molecular weight excluding hydrogens is 452 g/mol. The molecule has 0 aromatic heterocycles. The van der Waals surface area contributed by atoms with E-state index in [1.807, 2.05) is 0 Å². The Bertz CT molecular complexity index is 1100. The number of nitro groups is 2. The van der Waals surface area contributed by atoms with Crippen molar-refractivity contribution in [1.29, 1.82) is 0 Å². The summed E-state index contributed by atoms with van der Waals surface area (Å²) in [7, 11) is 0. The van der Waals surface area contributed by atoms with Crippen molar-refractivity contribution in [3.8, 4) is 0 Å². The van der Waals surface area contributed by atoms with Crippen LogP contribution in [0.2, 0.25) is 0 Å². The second kappa shape index (κ2) is 10.7. The molecule has 0 N–H and O–H groups in total. The van der Waals surface area contributed by atoms with Crippen molar-refractivity contribution < 1.29 is 19.4 Å². The predicted molar refractivity (Wildman–Crippen MR) is 126 cm³/mol. The smallest absolute Gasteiger partial charge is 0.270 e. The van der Waals surface area contributed by atoms with E-state index in [4.69, 9.17) is 0 Å². The van der Waals surface area contributed by atoms with Gasteiger partial charge in [-0.2, -0.15) is 0 Å². The van der Waals surface area contributed by atoms with Gasteiger partial charge in [-0.15, -0.1) is 23.5 Å². The minimum Gasteiger partial charge on any atom is -0.289 e. The highest BCUT2D eigenvalue weighted by atomic mass is 32.2. The summed E-state index contributed by atoms with van der Waals surface area (Å²) in [4.78, 5) is 46.5. The summed E-state index contributed by atoms with van der Waals surface area (Å²) in [5.41, 5.74) is 0.736. The Morgan fingerprint density at radius 3 is 1.62 bits per heavy atom. The van der Waals surface area contributed by atoms with Crippen LogP contribution in [0.1, 0.15) is 11.1 Å². The van der Waals surface area contributed by atoms with Gasteiger partial charge in [-0.05, 0) is 23.3 Å². The number of hydrogen-bond acceptors (Lipinski definition) is 8. The van der Waals surface area contributed by atoms with Crippen LogP contribution < -0.4 is 0 Å². The number of thioether (sulfide) groups is 2. The molecule has 1 heterocycles. The SMILES string of the molecule is O=C(C=Cc1cccc([N+](=O)[O-])c1)C(C(=O)C=Cc1cccc([N+](=O)[O-])c1)=C1SCCS1. The predicted octanol–water partition coefficient (Wildman–Crippen LogP) is 5.06.